The van der Waals surface area contributed by atoms with Gasteiger partial charge in [0.15, 0.2) is 11.6 Å². The molecule has 1 aliphatic heterocycles. The highest BCUT2D eigenvalue weighted by atomic mass is 32.1. The molecule has 0 saturated carbocycles. The van der Waals surface area contributed by atoms with E-state index in [1.54, 1.807) is 39.8 Å². The van der Waals surface area contributed by atoms with Gasteiger partial charge in [-0.25, -0.2) is 4.79 Å². The van der Waals surface area contributed by atoms with Crippen LogP contribution in [0.5, 0.6) is 0 Å². The summed E-state index contributed by atoms with van der Waals surface area (Å²) in [6, 6.07) is 8.98. The summed E-state index contributed by atoms with van der Waals surface area (Å²) in [6.07, 6.45) is 0. The first kappa shape index (κ1) is 20.4. The van der Waals surface area contributed by atoms with Crippen LogP contribution >= 0.6 is 11.3 Å². The van der Waals surface area contributed by atoms with Crippen LogP contribution in [0.25, 0.3) is 10.4 Å². The van der Waals surface area contributed by atoms with E-state index in [2.05, 4.69) is 0 Å². The molecule has 0 spiro atoms. The molecular weight excluding hydrogens is 376 g/mol. The summed E-state index contributed by atoms with van der Waals surface area (Å²) in [5.74, 6) is -1.66. The van der Waals surface area contributed by atoms with E-state index in [1.165, 1.54) is 18.4 Å². The van der Waals surface area contributed by atoms with Gasteiger partial charge in [-0.15, -0.1) is 11.3 Å². The van der Waals surface area contributed by atoms with Gasteiger partial charge in [-0.1, -0.05) is 12.1 Å². The molecule has 1 aromatic carbocycles. The Hall–Kier alpha value is -2.31. The van der Waals surface area contributed by atoms with E-state index in [0.29, 0.717) is 5.56 Å². The van der Waals surface area contributed by atoms with Crippen molar-refractivity contribution in [3.05, 3.63) is 46.3 Å². The van der Waals surface area contributed by atoms with Gasteiger partial charge in [0, 0.05) is 9.75 Å². The number of esters is 1. The predicted molar refractivity (Wildman–Crippen MR) is 108 cm³/mol. The molecule has 1 aliphatic rings. The van der Waals surface area contributed by atoms with Crippen molar-refractivity contribution in [2.24, 2.45) is 0 Å². The van der Waals surface area contributed by atoms with Crippen LogP contribution in [0.2, 0.25) is 0 Å². The molecule has 148 valence electrons. The summed E-state index contributed by atoms with van der Waals surface area (Å²) in [5.41, 5.74) is 0.0596. The Balaban J connectivity index is 2.01. The Morgan fingerprint density at radius 3 is 2.07 bits per heavy atom. The molecular formula is C22H24O5S. The lowest BCUT2D eigenvalue weighted by Gasteiger charge is -2.42. The third kappa shape index (κ3) is 3.42. The number of rotatable bonds is 3. The van der Waals surface area contributed by atoms with E-state index in [0.717, 1.165) is 20.9 Å². The minimum atomic E-state index is -1.03. The van der Waals surface area contributed by atoms with Gasteiger partial charge < -0.3 is 9.47 Å². The fraction of sp³-hybridized carbons (Fsp3) is 0.409. The van der Waals surface area contributed by atoms with Crippen LogP contribution in [0.3, 0.4) is 0 Å². The molecule has 0 atom stereocenters. The lowest BCUT2D eigenvalue weighted by atomic mass is 9.75. The summed E-state index contributed by atoms with van der Waals surface area (Å²) < 4.78 is 10.5. The maximum atomic E-state index is 13.0. The number of hydrogen-bond donors (Lipinski definition) is 0. The average molecular weight is 400 g/mol. The third-order valence-electron chi connectivity index (χ3n) is 5.08. The van der Waals surface area contributed by atoms with E-state index in [4.69, 9.17) is 9.47 Å². The molecule has 28 heavy (non-hydrogen) atoms. The minimum absolute atomic E-state index is 0.217. The van der Waals surface area contributed by atoms with E-state index in [9.17, 15) is 14.4 Å². The molecule has 0 amide bonds. The van der Waals surface area contributed by atoms with Crippen LogP contribution in [0, 0.1) is 6.92 Å². The van der Waals surface area contributed by atoms with E-state index < -0.39 is 23.1 Å². The quantitative estimate of drug-likeness (QED) is 0.567. The van der Waals surface area contributed by atoms with Crippen LogP contribution in [0.1, 0.15) is 54.4 Å². The third-order valence-corrected chi connectivity index (χ3v) is 6.19. The molecule has 1 aromatic heterocycles. The number of Topliss-reactive ketones (excluding diaryl/α,β-unsaturated/α-hetero) is 2. The normalized spacial score (nSPS) is 18.9. The van der Waals surface area contributed by atoms with Crippen molar-refractivity contribution in [1.82, 2.24) is 0 Å². The summed E-state index contributed by atoms with van der Waals surface area (Å²) in [4.78, 5) is 39.5. The smallest absolute Gasteiger partial charge is 0.337 e. The Bertz CT molecular complexity index is 924. The van der Waals surface area contributed by atoms with Gasteiger partial charge in [0.1, 0.15) is 17.1 Å². The molecule has 2 heterocycles. The minimum Gasteiger partial charge on any atom is -0.465 e. The Morgan fingerprint density at radius 1 is 1.04 bits per heavy atom. The fourth-order valence-corrected chi connectivity index (χ4v) is 4.71. The van der Waals surface area contributed by atoms with Crippen LogP contribution in [0.15, 0.2) is 30.3 Å². The molecule has 0 unspecified atom stereocenters. The zero-order chi connectivity index (χ0) is 20.9. The maximum Gasteiger partial charge on any atom is 0.337 e. The zero-order valence-electron chi connectivity index (χ0n) is 16.9. The van der Waals surface area contributed by atoms with Crippen molar-refractivity contribution < 1.29 is 23.9 Å². The van der Waals surface area contributed by atoms with Crippen LogP contribution in [0.4, 0.5) is 0 Å². The van der Waals surface area contributed by atoms with Crippen molar-refractivity contribution in [1.29, 1.82) is 0 Å². The van der Waals surface area contributed by atoms with Crippen LogP contribution in [-0.4, -0.2) is 35.8 Å². The van der Waals surface area contributed by atoms with Gasteiger partial charge in [0.05, 0.1) is 12.7 Å². The number of benzene rings is 1. The lowest BCUT2D eigenvalue weighted by Crippen LogP contribution is -2.57. The highest BCUT2D eigenvalue weighted by molar-refractivity contribution is 7.15. The number of hydrogen-bond acceptors (Lipinski definition) is 6. The Labute approximate surface area is 168 Å². The van der Waals surface area contributed by atoms with Crippen molar-refractivity contribution in [3.63, 3.8) is 0 Å². The summed E-state index contributed by atoms with van der Waals surface area (Å²) >= 11 is 1.52. The number of carbonyl (C=O) groups is 3. The van der Waals surface area contributed by atoms with Gasteiger partial charge in [-0.3, -0.25) is 9.59 Å². The number of ketones is 2. The van der Waals surface area contributed by atoms with Crippen molar-refractivity contribution in [2.75, 3.05) is 7.11 Å². The molecule has 0 N–H and O–H groups in total. The van der Waals surface area contributed by atoms with Gasteiger partial charge in [-0.05, 0) is 63.9 Å². The second kappa shape index (κ2) is 6.94. The molecule has 5 nitrogen and oxygen atoms in total. The van der Waals surface area contributed by atoms with Crippen LogP contribution < -0.4 is 0 Å². The van der Waals surface area contributed by atoms with Crippen molar-refractivity contribution >= 4 is 28.9 Å². The maximum absolute atomic E-state index is 13.0. The van der Waals surface area contributed by atoms with Crippen molar-refractivity contribution in [2.45, 2.75) is 51.7 Å². The lowest BCUT2D eigenvalue weighted by molar-refractivity contribution is -0.184. The number of methoxy groups -OCH3 is 1. The second-order valence-electron chi connectivity index (χ2n) is 7.98. The summed E-state index contributed by atoms with van der Waals surface area (Å²) in [7, 11) is 1.34. The molecule has 1 fully saturated rings. The van der Waals surface area contributed by atoms with Gasteiger partial charge in [0.2, 0.25) is 0 Å². The number of aryl methyl sites for hydroxylation is 1. The highest BCUT2D eigenvalue weighted by Crippen LogP contribution is 2.43. The van der Waals surface area contributed by atoms with E-state index in [1.807, 2.05) is 25.1 Å². The topological polar surface area (TPSA) is 69.7 Å². The zero-order valence-corrected chi connectivity index (χ0v) is 17.7. The fourth-order valence-electron chi connectivity index (χ4n) is 3.65. The second-order valence-corrected chi connectivity index (χ2v) is 9.23. The van der Waals surface area contributed by atoms with E-state index in [-0.39, 0.29) is 11.6 Å². The van der Waals surface area contributed by atoms with Crippen LogP contribution in [-0.2, 0) is 19.1 Å². The monoisotopic (exact) mass is 400 g/mol. The molecule has 1 saturated heterocycles. The molecule has 0 aliphatic carbocycles. The largest absolute Gasteiger partial charge is 0.465 e. The summed E-state index contributed by atoms with van der Waals surface area (Å²) in [5, 5.41) is 0. The first-order valence-electron chi connectivity index (χ1n) is 9.06. The Morgan fingerprint density at radius 2 is 1.57 bits per heavy atom. The Kier molecular flexibility index (Phi) is 5.06. The number of thiophene rings is 1. The van der Waals surface area contributed by atoms with Gasteiger partial charge in [-0.2, -0.15) is 0 Å². The van der Waals surface area contributed by atoms with Gasteiger partial charge in [0.25, 0.3) is 0 Å². The molecule has 2 aromatic rings. The standard InChI is InChI=1S/C22H24O5S/c1-12-15(17-18(23)21(2,3)27-22(4,5)19(17)24)11-16(28-12)13-7-9-14(10-8-13)20(25)26-6/h7-11,17H,1-6H3. The first-order chi connectivity index (χ1) is 13.0. The number of ether oxygens (including phenoxy) is 2. The van der Waals surface area contributed by atoms with Crippen molar-refractivity contribution in [3.8, 4) is 10.4 Å². The molecule has 0 radical (unpaired) electrons. The summed E-state index contributed by atoms with van der Waals surface area (Å²) in [6.45, 7) is 8.77. The van der Waals surface area contributed by atoms with E-state index >= 15 is 0 Å². The molecule has 6 heteroatoms. The predicted octanol–water partition coefficient (Wildman–Crippen LogP) is 4.32. The molecule has 3 rings (SSSR count). The first-order valence-corrected chi connectivity index (χ1v) is 9.87. The molecule has 0 bridgehead atoms. The highest BCUT2D eigenvalue weighted by Gasteiger charge is 2.53. The SMILES string of the molecule is COC(=O)c1ccc(-c2cc(C3C(=O)C(C)(C)OC(C)(C)C3=O)c(C)s2)cc1. The van der Waals surface area contributed by atoms with Gasteiger partial charge >= 0.3 is 5.97 Å². The number of carbonyl (C=O) groups excluding carboxylic acids is 3. The average Bonchev–Trinajstić information content (AvgIpc) is 3.01.